The van der Waals surface area contributed by atoms with E-state index in [0.717, 1.165) is 0 Å². The van der Waals surface area contributed by atoms with E-state index < -0.39 is 5.97 Å². The fourth-order valence-electron chi connectivity index (χ4n) is 0.995. The summed E-state index contributed by atoms with van der Waals surface area (Å²) in [6, 6.07) is 0. The lowest BCUT2D eigenvalue weighted by atomic mass is 10.0. The normalized spacial score (nSPS) is 23.6. The third-order valence-electron chi connectivity index (χ3n) is 1.53. The molecule has 1 aliphatic carbocycles. The molecule has 3 heteroatoms. The fourth-order valence-corrected chi connectivity index (χ4v) is 0.995. The molecule has 1 aliphatic rings. The molecule has 1 unspecified atom stereocenters. The second kappa shape index (κ2) is 2.64. The minimum Gasteiger partial charge on any atom is -0.481 e. The van der Waals surface area contributed by atoms with Crippen LogP contribution in [0.4, 0.5) is 0 Å². The van der Waals surface area contributed by atoms with Crippen molar-refractivity contribution >= 4 is 11.8 Å². The van der Waals surface area contributed by atoms with Gasteiger partial charge in [-0.2, -0.15) is 0 Å². The quantitative estimate of drug-likeness (QED) is 0.611. The number of rotatable bonds is 2. The molecule has 54 valence electrons. The third-order valence-corrected chi connectivity index (χ3v) is 1.53. The van der Waals surface area contributed by atoms with Crippen LogP contribution in [-0.2, 0) is 9.59 Å². The summed E-state index contributed by atoms with van der Waals surface area (Å²) in [6.45, 7) is 0. The van der Waals surface area contributed by atoms with Gasteiger partial charge in [-0.25, -0.2) is 0 Å². The zero-order chi connectivity index (χ0) is 7.56. The maximum Gasteiger partial charge on any atom is 0.304 e. The zero-order valence-corrected chi connectivity index (χ0v) is 5.41. The molecule has 0 aromatic carbocycles. The Morgan fingerprint density at radius 1 is 1.80 bits per heavy atom. The molecule has 0 fully saturated rings. The van der Waals surface area contributed by atoms with Crippen LogP contribution in [0, 0.1) is 5.92 Å². The average Bonchev–Trinajstić information content (AvgIpc) is 2.15. The van der Waals surface area contributed by atoms with Crippen molar-refractivity contribution in [3.63, 3.8) is 0 Å². The summed E-state index contributed by atoms with van der Waals surface area (Å²) in [5.74, 6) is -1.25. The summed E-state index contributed by atoms with van der Waals surface area (Å²) >= 11 is 0. The lowest BCUT2D eigenvalue weighted by Gasteiger charge is -2.00. The third kappa shape index (κ3) is 1.43. The maximum absolute atomic E-state index is 10.8. The predicted octanol–water partition coefficient (Wildman–Crippen LogP) is 0.606. The molecule has 1 atom stereocenters. The van der Waals surface area contributed by atoms with Gasteiger partial charge in [-0.3, -0.25) is 9.59 Å². The lowest BCUT2D eigenvalue weighted by molar-refractivity contribution is -0.139. The van der Waals surface area contributed by atoms with Gasteiger partial charge < -0.3 is 5.11 Å². The summed E-state index contributed by atoms with van der Waals surface area (Å²) in [7, 11) is 0. The Labute approximate surface area is 58.4 Å². The minimum atomic E-state index is -0.901. The number of hydrogen-bond acceptors (Lipinski definition) is 2. The highest BCUT2D eigenvalue weighted by Crippen LogP contribution is 2.17. The first-order chi connectivity index (χ1) is 4.70. The van der Waals surface area contributed by atoms with Crippen LogP contribution in [0.25, 0.3) is 0 Å². The van der Waals surface area contributed by atoms with Gasteiger partial charge in [-0.05, 0) is 12.5 Å². The van der Waals surface area contributed by atoms with Gasteiger partial charge in [0.25, 0.3) is 0 Å². The van der Waals surface area contributed by atoms with E-state index in [9.17, 15) is 9.59 Å². The second-order valence-corrected chi connectivity index (χ2v) is 2.34. The first-order valence-electron chi connectivity index (χ1n) is 3.12. The molecular formula is C7H8O3. The van der Waals surface area contributed by atoms with Crippen LogP contribution in [0.1, 0.15) is 12.8 Å². The van der Waals surface area contributed by atoms with Crippen LogP contribution in [0.5, 0.6) is 0 Å². The van der Waals surface area contributed by atoms with Crippen molar-refractivity contribution < 1.29 is 14.7 Å². The Balaban J connectivity index is 2.45. The highest BCUT2D eigenvalue weighted by atomic mass is 16.4. The molecule has 1 N–H and O–H groups in total. The first kappa shape index (κ1) is 6.99. The van der Waals surface area contributed by atoms with Crippen molar-refractivity contribution in [3.8, 4) is 0 Å². The smallest absolute Gasteiger partial charge is 0.304 e. The summed E-state index contributed by atoms with van der Waals surface area (Å²) in [6.07, 6.45) is 3.72. The summed E-state index contributed by atoms with van der Waals surface area (Å²) in [5, 5.41) is 8.31. The van der Waals surface area contributed by atoms with Gasteiger partial charge in [-0.15, -0.1) is 0 Å². The molecule has 10 heavy (non-hydrogen) atoms. The van der Waals surface area contributed by atoms with Crippen molar-refractivity contribution in [1.82, 2.24) is 0 Å². The number of hydrogen-bond donors (Lipinski definition) is 1. The Kier molecular flexibility index (Phi) is 1.85. The van der Waals surface area contributed by atoms with E-state index in [1.54, 1.807) is 6.08 Å². The van der Waals surface area contributed by atoms with E-state index in [1.165, 1.54) is 6.08 Å². The van der Waals surface area contributed by atoms with E-state index in [4.69, 9.17) is 5.11 Å². The number of ketones is 1. The van der Waals surface area contributed by atoms with Crippen molar-refractivity contribution in [3.05, 3.63) is 12.2 Å². The van der Waals surface area contributed by atoms with Gasteiger partial charge in [0, 0.05) is 5.92 Å². The van der Waals surface area contributed by atoms with Crippen molar-refractivity contribution in [1.29, 1.82) is 0 Å². The zero-order valence-electron chi connectivity index (χ0n) is 5.41. The molecule has 0 aliphatic heterocycles. The van der Waals surface area contributed by atoms with Gasteiger partial charge in [0.2, 0.25) is 0 Å². The summed E-state index contributed by atoms with van der Waals surface area (Å²) in [5.41, 5.74) is 0. The molecule has 0 saturated carbocycles. The van der Waals surface area contributed by atoms with Crippen LogP contribution < -0.4 is 0 Å². The highest BCUT2D eigenvalue weighted by molar-refractivity contribution is 5.95. The largest absolute Gasteiger partial charge is 0.481 e. The van der Waals surface area contributed by atoms with Crippen LogP contribution in [0.2, 0.25) is 0 Å². The first-order valence-corrected chi connectivity index (χ1v) is 3.12. The molecule has 0 bridgehead atoms. The van der Waals surface area contributed by atoms with Gasteiger partial charge in [0.15, 0.2) is 5.78 Å². The van der Waals surface area contributed by atoms with Crippen molar-refractivity contribution in [2.45, 2.75) is 12.8 Å². The van der Waals surface area contributed by atoms with Gasteiger partial charge in [0.05, 0.1) is 6.42 Å². The lowest BCUT2D eigenvalue weighted by Crippen LogP contribution is -2.11. The highest BCUT2D eigenvalue weighted by Gasteiger charge is 2.21. The number of aliphatic carboxylic acids is 1. The Hall–Kier alpha value is -1.12. The molecule has 0 amide bonds. The molecule has 0 heterocycles. The van der Waals surface area contributed by atoms with Gasteiger partial charge >= 0.3 is 5.97 Å². The van der Waals surface area contributed by atoms with Crippen LogP contribution >= 0.6 is 0 Å². The molecule has 0 radical (unpaired) electrons. The monoisotopic (exact) mass is 140 g/mol. The predicted molar refractivity (Wildman–Crippen MR) is 34.5 cm³/mol. The topological polar surface area (TPSA) is 54.4 Å². The van der Waals surface area contributed by atoms with E-state index >= 15 is 0 Å². The van der Waals surface area contributed by atoms with Crippen LogP contribution in [0.3, 0.4) is 0 Å². The number of allylic oxidation sites excluding steroid dienone is 2. The number of carboxylic acid groups (broad SMARTS) is 1. The number of carbonyl (C=O) groups is 2. The molecule has 0 aromatic heterocycles. The van der Waals surface area contributed by atoms with Gasteiger partial charge in [-0.1, -0.05) is 6.08 Å². The van der Waals surface area contributed by atoms with Crippen molar-refractivity contribution in [2.24, 2.45) is 5.92 Å². The second-order valence-electron chi connectivity index (χ2n) is 2.34. The molecule has 1 rings (SSSR count). The average molecular weight is 140 g/mol. The Bertz CT molecular complexity index is 193. The molecule has 0 saturated heterocycles. The molecule has 0 spiro atoms. The van der Waals surface area contributed by atoms with Gasteiger partial charge in [0.1, 0.15) is 0 Å². The molecule has 0 aromatic rings. The van der Waals surface area contributed by atoms with Crippen LogP contribution in [0.15, 0.2) is 12.2 Å². The van der Waals surface area contributed by atoms with E-state index in [-0.39, 0.29) is 18.1 Å². The van der Waals surface area contributed by atoms with E-state index in [0.29, 0.717) is 6.42 Å². The number of carboxylic acids is 1. The maximum atomic E-state index is 10.8. The van der Waals surface area contributed by atoms with Crippen molar-refractivity contribution in [2.75, 3.05) is 0 Å². The van der Waals surface area contributed by atoms with E-state index in [1.807, 2.05) is 0 Å². The number of carbonyl (C=O) groups excluding carboxylic acids is 1. The fraction of sp³-hybridized carbons (Fsp3) is 0.429. The summed E-state index contributed by atoms with van der Waals surface area (Å²) in [4.78, 5) is 20.9. The van der Waals surface area contributed by atoms with Crippen LogP contribution in [-0.4, -0.2) is 16.9 Å². The Morgan fingerprint density at radius 3 is 2.90 bits per heavy atom. The minimum absolute atomic E-state index is 0.0359. The van der Waals surface area contributed by atoms with E-state index in [2.05, 4.69) is 0 Å². The summed E-state index contributed by atoms with van der Waals surface area (Å²) < 4.78 is 0. The Morgan fingerprint density at radius 2 is 2.50 bits per heavy atom. The molecule has 3 nitrogen and oxygen atoms in total. The molecular weight excluding hydrogens is 132 g/mol. The standard InChI is InChI=1S/C7H8O3/c8-6-3-1-2-5(6)4-7(9)10/h1,3,5H,2,4H2,(H,9,10). The SMILES string of the molecule is O=C(O)CC1CC=CC1=O.